The smallest absolute Gasteiger partial charge is 0.429 e. The van der Waals surface area contributed by atoms with Crippen LogP contribution < -0.4 is 10.0 Å². The summed E-state index contributed by atoms with van der Waals surface area (Å²) in [6.07, 6.45) is -5.58. The Morgan fingerprint density at radius 3 is 2.07 bits per heavy atom. The van der Waals surface area contributed by atoms with Crippen molar-refractivity contribution in [3.63, 3.8) is 0 Å². The maximum atomic E-state index is 14.4. The van der Waals surface area contributed by atoms with Crippen molar-refractivity contribution in [3.05, 3.63) is 58.7 Å². The predicted octanol–water partition coefficient (Wildman–Crippen LogP) is 4.55. The van der Waals surface area contributed by atoms with E-state index in [4.69, 9.17) is 9.47 Å². The van der Waals surface area contributed by atoms with Crippen molar-refractivity contribution in [2.24, 2.45) is 5.92 Å². The van der Waals surface area contributed by atoms with E-state index in [0.717, 1.165) is 6.07 Å². The zero-order valence-electron chi connectivity index (χ0n) is 14.4. The van der Waals surface area contributed by atoms with Crippen molar-refractivity contribution in [1.82, 2.24) is 0 Å². The van der Waals surface area contributed by atoms with Gasteiger partial charge in [-0.2, -0.15) is 8.78 Å². The van der Waals surface area contributed by atoms with Gasteiger partial charge in [-0.15, -0.1) is 9.24 Å². The Hall–Kier alpha value is -1.83. The van der Waals surface area contributed by atoms with Gasteiger partial charge in [-0.1, -0.05) is 6.92 Å². The Morgan fingerprint density at radius 1 is 0.964 bits per heavy atom. The van der Waals surface area contributed by atoms with Gasteiger partial charge in [-0.05, 0) is 18.2 Å². The lowest BCUT2D eigenvalue weighted by molar-refractivity contribution is -0.203. The number of ether oxygens (including phenoxy) is 3. The number of benzene rings is 2. The molecule has 1 saturated heterocycles. The van der Waals surface area contributed by atoms with Crippen LogP contribution in [0.2, 0.25) is 0 Å². The first-order valence-electron chi connectivity index (χ1n) is 8.12. The molecule has 0 radical (unpaired) electrons. The fourth-order valence-electron chi connectivity index (χ4n) is 2.64. The second-order valence-electron chi connectivity index (χ2n) is 6.39. The van der Waals surface area contributed by atoms with Crippen molar-refractivity contribution in [3.8, 4) is 5.75 Å². The summed E-state index contributed by atoms with van der Waals surface area (Å²) >= 11 is 0. The van der Waals surface area contributed by atoms with E-state index in [1.165, 1.54) is 0 Å². The number of hydrogen-bond acceptors (Lipinski definition) is 3. The van der Waals surface area contributed by atoms with Crippen LogP contribution in [0.4, 0.5) is 26.3 Å². The van der Waals surface area contributed by atoms with Crippen LogP contribution in [0.1, 0.15) is 24.3 Å². The van der Waals surface area contributed by atoms with Crippen LogP contribution in [0, 0.1) is 29.2 Å². The first-order valence-corrected chi connectivity index (χ1v) is 8.70. The van der Waals surface area contributed by atoms with E-state index in [-0.39, 0.29) is 30.0 Å². The lowest BCUT2D eigenvalue weighted by Crippen LogP contribution is -2.27. The summed E-state index contributed by atoms with van der Waals surface area (Å²) in [6, 6.07) is 2.42. The average Bonchev–Trinajstić information content (AvgIpc) is 2.59. The van der Waals surface area contributed by atoms with Crippen LogP contribution in [-0.2, 0) is 15.6 Å². The van der Waals surface area contributed by atoms with Crippen molar-refractivity contribution in [2.75, 3.05) is 13.2 Å². The maximum Gasteiger partial charge on any atom is 0.432 e. The van der Waals surface area contributed by atoms with E-state index in [1.54, 1.807) is 9.24 Å². The van der Waals surface area contributed by atoms with Crippen LogP contribution in [0.5, 0.6) is 5.75 Å². The number of alkyl halides is 2. The molecule has 1 aliphatic heterocycles. The highest BCUT2D eigenvalue weighted by molar-refractivity contribution is 7.27. The molecule has 0 saturated carbocycles. The van der Waals surface area contributed by atoms with E-state index in [9.17, 15) is 26.3 Å². The minimum atomic E-state index is -4.49. The first-order chi connectivity index (χ1) is 13.1. The molecule has 1 heterocycles. The quantitative estimate of drug-likeness (QED) is 0.533. The number of rotatable bonds is 4. The molecule has 0 N–H and O–H groups in total. The molecule has 3 nitrogen and oxygen atoms in total. The highest BCUT2D eigenvalue weighted by atomic mass is 31.0. The monoisotopic (exact) mass is 424 g/mol. The molecule has 0 aromatic heterocycles. The van der Waals surface area contributed by atoms with Crippen molar-refractivity contribution >= 4 is 14.5 Å². The lowest BCUT2D eigenvalue weighted by atomic mass is 10.1. The average molecular weight is 424 g/mol. The van der Waals surface area contributed by atoms with Crippen LogP contribution in [-0.4, -0.2) is 13.2 Å². The van der Waals surface area contributed by atoms with Crippen molar-refractivity contribution < 1.29 is 40.6 Å². The third-order valence-corrected chi connectivity index (χ3v) is 4.39. The van der Waals surface area contributed by atoms with Gasteiger partial charge in [0.2, 0.25) is 0 Å². The van der Waals surface area contributed by atoms with E-state index in [2.05, 4.69) is 4.74 Å². The summed E-state index contributed by atoms with van der Waals surface area (Å²) in [5.74, 6) is -6.64. The van der Waals surface area contributed by atoms with Gasteiger partial charge < -0.3 is 14.2 Å². The molecule has 28 heavy (non-hydrogen) atoms. The highest BCUT2D eigenvalue weighted by Gasteiger charge is 2.42. The lowest BCUT2D eigenvalue weighted by Gasteiger charge is -2.28. The topological polar surface area (TPSA) is 27.7 Å². The van der Waals surface area contributed by atoms with Gasteiger partial charge >= 0.3 is 6.11 Å². The van der Waals surface area contributed by atoms with Crippen molar-refractivity contribution in [2.45, 2.75) is 19.3 Å². The highest BCUT2D eigenvalue weighted by Crippen LogP contribution is 2.37. The van der Waals surface area contributed by atoms with Gasteiger partial charge in [0.1, 0.15) is 22.9 Å². The first kappa shape index (κ1) is 20.9. The van der Waals surface area contributed by atoms with Crippen molar-refractivity contribution in [1.29, 1.82) is 0 Å². The summed E-state index contributed by atoms with van der Waals surface area (Å²) in [5.41, 5.74) is -1.78. The van der Waals surface area contributed by atoms with E-state index < -0.39 is 47.0 Å². The molecule has 2 aromatic carbocycles. The second-order valence-corrected chi connectivity index (χ2v) is 7.01. The molecule has 0 aliphatic carbocycles. The van der Waals surface area contributed by atoms with Crippen LogP contribution in [0.15, 0.2) is 24.3 Å². The molecule has 1 fully saturated rings. The third kappa shape index (κ3) is 4.26. The summed E-state index contributed by atoms with van der Waals surface area (Å²) < 4.78 is 98.8. The summed E-state index contributed by atoms with van der Waals surface area (Å²) in [6.45, 7) is 2.40. The fourth-order valence-corrected chi connectivity index (χ4v) is 2.94. The third-order valence-electron chi connectivity index (χ3n) is 3.97. The summed E-state index contributed by atoms with van der Waals surface area (Å²) in [4.78, 5) is 0. The van der Waals surface area contributed by atoms with Crippen LogP contribution >= 0.6 is 9.24 Å². The van der Waals surface area contributed by atoms with Gasteiger partial charge in [0.05, 0.1) is 13.2 Å². The van der Waals surface area contributed by atoms with E-state index in [0.29, 0.717) is 18.2 Å². The summed E-state index contributed by atoms with van der Waals surface area (Å²) in [5, 5.41) is -0.386. The molecule has 1 atom stereocenters. The minimum Gasteiger partial charge on any atom is -0.429 e. The SMILES string of the molecule is CC1COC(c2cc(F)c(C(F)(F)Oc3cc(F)c(F)c(P)c3)c(F)c2)OC1. The fraction of sp³-hybridized carbons (Fsp3) is 0.333. The molecule has 1 unspecified atom stereocenters. The minimum absolute atomic E-state index is 0.0840. The largest absolute Gasteiger partial charge is 0.432 e. The van der Waals surface area contributed by atoms with Gasteiger partial charge in [0, 0.05) is 22.9 Å². The normalized spacial score (nSPS) is 20.3. The molecular formula is C18H15F6O3P. The van der Waals surface area contributed by atoms with Gasteiger partial charge in [0.25, 0.3) is 0 Å². The zero-order chi connectivity index (χ0) is 20.6. The Balaban J connectivity index is 1.89. The van der Waals surface area contributed by atoms with E-state index >= 15 is 0 Å². The molecule has 2 aromatic rings. The molecule has 152 valence electrons. The molecule has 10 heteroatoms. The second kappa shape index (κ2) is 7.89. The van der Waals surface area contributed by atoms with Crippen LogP contribution in [0.3, 0.4) is 0 Å². The zero-order valence-corrected chi connectivity index (χ0v) is 15.6. The van der Waals surface area contributed by atoms with E-state index in [1.807, 2.05) is 6.92 Å². The molecule has 0 bridgehead atoms. The summed E-state index contributed by atoms with van der Waals surface area (Å²) in [7, 11) is 1.80. The molecule has 0 spiro atoms. The Labute approximate surface area is 158 Å². The number of halogens is 6. The molecule has 0 amide bonds. The molecule has 3 rings (SSSR count). The van der Waals surface area contributed by atoms with Gasteiger partial charge in [-0.25, -0.2) is 17.6 Å². The molecular weight excluding hydrogens is 409 g/mol. The van der Waals surface area contributed by atoms with Gasteiger partial charge in [-0.3, -0.25) is 0 Å². The Morgan fingerprint density at radius 2 is 1.54 bits per heavy atom. The van der Waals surface area contributed by atoms with Gasteiger partial charge in [0.15, 0.2) is 17.9 Å². The standard InChI is InChI=1S/C18H15F6O3P/c1-8-6-25-17(26-7-8)9-2-11(19)15(12(20)3-9)18(23,24)27-10-4-13(21)16(22)14(28)5-10/h2-5,8,17H,6-7,28H2,1H3. The van der Waals surface area contributed by atoms with Crippen LogP contribution in [0.25, 0.3) is 0 Å². The molecule has 1 aliphatic rings. The predicted molar refractivity (Wildman–Crippen MR) is 90.4 cm³/mol. The number of hydrogen-bond donors (Lipinski definition) is 0. The Kier molecular flexibility index (Phi) is 5.89. The Bertz CT molecular complexity index is 838. The maximum absolute atomic E-state index is 14.4.